The molecule has 1 N–H and O–H groups in total. The molecule has 0 saturated heterocycles. The highest BCUT2D eigenvalue weighted by molar-refractivity contribution is 7.92. The van der Waals surface area contributed by atoms with Crippen molar-refractivity contribution in [3.05, 3.63) is 54.3 Å². The van der Waals surface area contributed by atoms with Crippen LogP contribution in [0, 0.1) is 5.82 Å². The second kappa shape index (κ2) is 12.7. The first-order valence-electron chi connectivity index (χ1n) is 11.8. The molecule has 34 heavy (non-hydrogen) atoms. The molecule has 0 spiro atoms. The molecule has 0 unspecified atom stereocenters. The molecule has 1 amide bonds. The number of carbonyl (C=O) groups excluding carboxylic acids is 1. The summed E-state index contributed by atoms with van der Waals surface area (Å²) in [5.41, 5.74) is 0.309. The van der Waals surface area contributed by atoms with Crippen LogP contribution in [0.2, 0.25) is 0 Å². The minimum atomic E-state index is -4.10. The van der Waals surface area contributed by atoms with Crippen molar-refractivity contribution in [1.29, 1.82) is 0 Å². The first-order chi connectivity index (χ1) is 16.4. The lowest BCUT2D eigenvalue weighted by molar-refractivity contribution is -0.119. The average Bonchev–Trinajstić information content (AvgIpc) is 2.84. The first kappa shape index (κ1) is 26.0. The monoisotopic (exact) mass is 492 g/mol. The number of halogens is 1. The Morgan fingerprint density at radius 3 is 2.38 bits per heavy atom. The fraction of sp³-hybridized carbons (Fsp3) is 0.480. The van der Waals surface area contributed by atoms with Gasteiger partial charge in [0.25, 0.3) is 10.0 Å². The molecule has 1 aliphatic carbocycles. The van der Waals surface area contributed by atoms with Gasteiger partial charge < -0.3 is 14.8 Å². The molecule has 1 aliphatic rings. The van der Waals surface area contributed by atoms with E-state index in [1.165, 1.54) is 31.4 Å². The number of benzene rings is 2. The molecular weight excluding hydrogens is 459 g/mol. The number of amides is 1. The summed E-state index contributed by atoms with van der Waals surface area (Å²) in [4.78, 5) is 12.5. The van der Waals surface area contributed by atoms with Gasteiger partial charge in [0.15, 0.2) is 0 Å². The van der Waals surface area contributed by atoms with Crippen LogP contribution in [0.25, 0.3) is 0 Å². The van der Waals surface area contributed by atoms with E-state index >= 15 is 0 Å². The number of carbonyl (C=O) groups is 1. The van der Waals surface area contributed by atoms with E-state index in [9.17, 15) is 17.6 Å². The van der Waals surface area contributed by atoms with E-state index < -0.39 is 28.3 Å². The number of ether oxygens (including phenoxy) is 2. The van der Waals surface area contributed by atoms with Crippen molar-refractivity contribution in [2.45, 2.75) is 56.4 Å². The maximum atomic E-state index is 13.4. The Morgan fingerprint density at radius 2 is 1.74 bits per heavy atom. The molecular formula is C25H33FN2O5S. The fourth-order valence-electron chi connectivity index (χ4n) is 3.89. The molecule has 7 nitrogen and oxygen atoms in total. The van der Waals surface area contributed by atoms with Crippen LogP contribution >= 0.6 is 0 Å². The zero-order valence-corrected chi connectivity index (χ0v) is 20.4. The Labute approximate surface area is 201 Å². The quantitative estimate of drug-likeness (QED) is 0.447. The van der Waals surface area contributed by atoms with E-state index in [0.717, 1.165) is 29.3 Å². The zero-order chi connectivity index (χ0) is 24.4. The molecule has 9 heteroatoms. The number of anilines is 1. The van der Waals surface area contributed by atoms with Gasteiger partial charge in [-0.25, -0.2) is 12.8 Å². The van der Waals surface area contributed by atoms with Gasteiger partial charge in [-0.05, 0) is 74.7 Å². The minimum Gasteiger partial charge on any atom is -0.494 e. The van der Waals surface area contributed by atoms with Gasteiger partial charge >= 0.3 is 0 Å². The van der Waals surface area contributed by atoms with Gasteiger partial charge in [-0.3, -0.25) is 9.10 Å². The molecule has 2 aromatic rings. The molecule has 2 aromatic carbocycles. The van der Waals surface area contributed by atoms with Gasteiger partial charge in [-0.2, -0.15) is 0 Å². The first-order valence-corrected chi connectivity index (χ1v) is 13.2. The largest absolute Gasteiger partial charge is 0.494 e. The Balaban J connectivity index is 1.64. The van der Waals surface area contributed by atoms with Crippen LogP contribution < -0.4 is 14.4 Å². The van der Waals surface area contributed by atoms with Crippen molar-refractivity contribution in [3.8, 4) is 5.75 Å². The normalized spacial score (nSPS) is 14.5. The number of sulfonamides is 1. The van der Waals surface area contributed by atoms with Crippen LogP contribution in [0.3, 0.4) is 0 Å². The van der Waals surface area contributed by atoms with Gasteiger partial charge in [0.1, 0.15) is 18.1 Å². The van der Waals surface area contributed by atoms with Crippen LogP contribution in [0.5, 0.6) is 5.75 Å². The molecule has 0 heterocycles. The maximum Gasteiger partial charge on any atom is 0.264 e. The topological polar surface area (TPSA) is 84.9 Å². The summed E-state index contributed by atoms with van der Waals surface area (Å²) < 4.78 is 52.3. The number of hydrogen-bond acceptors (Lipinski definition) is 5. The Kier molecular flexibility index (Phi) is 9.71. The highest BCUT2D eigenvalue weighted by atomic mass is 32.2. The Morgan fingerprint density at radius 1 is 1.06 bits per heavy atom. The average molecular weight is 493 g/mol. The summed E-state index contributed by atoms with van der Waals surface area (Å²) in [6, 6.07) is 11.0. The van der Waals surface area contributed by atoms with Crippen LogP contribution in [-0.2, 0) is 19.6 Å². The van der Waals surface area contributed by atoms with E-state index in [2.05, 4.69) is 5.32 Å². The van der Waals surface area contributed by atoms with Gasteiger partial charge in [-0.1, -0.05) is 19.3 Å². The molecule has 3 rings (SSSR count). The lowest BCUT2D eigenvalue weighted by Crippen LogP contribution is -2.41. The molecule has 1 saturated carbocycles. The molecule has 0 bridgehead atoms. The van der Waals surface area contributed by atoms with Crippen molar-refractivity contribution in [3.63, 3.8) is 0 Å². The Hall–Kier alpha value is -2.65. The Bertz CT molecular complexity index is 1010. The molecule has 186 valence electrons. The summed E-state index contributed by atoms with van der Waals surface area (Å²) in [7, 11) is -4.10. The van der Waals surface area contributed by atoms with Gasteiger partial charge in [0.05, 0.1) is 23.3 Å². The molecule has 0 aliphatic heterocycles. The third-order valence-electron chi connectivity index (χ3n) is 5.67. The second-order valence-corrected chi connectivity index (χ2v) is 10.1. The van der Waals surface area contributed by atoms with E-state index in [0.29, 0.717) is 43.7 Å². The summed E-state index contributed by atoms with van der Waals surface area (Å²) in [6.45, 7) is 2.87. The molecule has 0 radical (unpaired) electrons. The van der Waals surface area contributed by atoms with Crippen molar-refractivity contribution in [2.24, 2.45) is 0 Å². The van der Waals surface area contributed by atoms with Gasteiger partial charge in [-0.15, -0.1) is 0 Å². The standard InChI is InChI=1S/C25H33FN2O5S/c1-2-32-23-13-11-21(12-14-23)28(34(30,31)24-15-9-20(26)10-16-24)19-25(29)27-17-6-18-33-22-7-4-3-5-8-22/h9-16,22H,2-8,17-19H2,1H3,(H,27,29). The van der Waals surface area contributed by atoms with Crippen LogP contribution in [0.1, 0.15) is 45.4 Å². The molecule has 0 aromatic heterocycles. The minimum absolute atomic E-state index is 0.100. The van der Waals surface area contributed by atoms with Crippen LogP contribution in [0.15, 0.2) is 53.4 Å². The maximum absolute atomic E-state index is 13.4. The van der Waals surface area contributed by atoms with E-state index in [1.807, 2.05) is 6.92 Å². The van der Waals surface area contributed by atoms with Gasteiger partial charge in [0.2, 0.25) is 5.91 Å². The summed E-state index contributed by atoms with van der Waals surface area (Å²) >= 11 is 0. The highest BCUT2D eigenvalue weighted by Gasteiger charge is 2.27. The van der Waals surface area contributed by atoms with Crippen LogP contribution in [0.4, 0.5) is 10.1 Å². The second-order valence-electron chi connectivity index (χ2n) is 8.23. The number of nitrogens with one attached hydrogen (secondary N) is 1. The number of rotatable bonds is 12. The van der Waals surface area contributed by atoms with Crippen LogP contribution in [-0.4, -0.2) is 46.7 Å². The number of nitrogens with zero attached hydrogens (tertiary/aromatic N) is 1. The van der Waals surface area contributed by atoms with Crippen molar-refractivity contribution in [2.75, 3.05) is 30.6 Å². The van der Waals surface area contributed by atoms with Gasteiger partial charge in [0, 0.05) is 13.2 Å². The SMILES string of the molecule is CCOc1ccc(N(CC(=O)NCCCOC2CCCCC2)S(=O)(=O)c2ccc(F)cc2)cc1. The van der Waals surface area contributed by atoms with E-state index in [-0.39, 0.29) is 4.90 Å². The fourth-order valence-corrected chi connectivity index (χ4v) is 5.31. The predicted octanol–water partition coefficient (Wildman–Crippen LogP) is 4.28. The smallest absolute Gasteiger partial charge is 0.264 e. The molecule has 0 atom stereocenters. The zero-order valence-electron chi connectivity index (χ0n) is 19.5. The third kappa shape index (κ3) is 7.43. The van der Waals surface area contributed by atoms with E-state index in [4.69, 9.17) is 9.47 Å². The summed E-state index contributed by atoms with van der Waals surface area (Å²) in [5.74, 6) is -0.384. The third-order valence-corrected chi connectivity index (χ3v) is 7.46. The highest BCUT2D eigenvalue weighted by Crippen LogP contribution is 2.26. The van der Waals surface area contributed by atoms with Crippen molar-refractivity contribution in [1.82, 2.24) is 5.32 Å². The lowest BCUT2D eigenvalue weighted by atomic mass is 9.98. The molecule has 1 fully saturated rings. The summed E-state index contributed by atoms with van der Waals surface area (Å²) in [6.07, 6.45) is 6.80. The summed E-state index contributed by atoms with van der Waals surface area (Å²) in [5, 5.41) is 2.78. The van der Waals surface area contributed by atoms with Crippen molar-refractivity contribution >= 4 is 21.6 Å². The lowest BCUT2D eigenvalue weighted by Gasteiger charge is -2.24. The number of hydrogen-bond donors (Lipinski definition) is 1. The van der Waals surface area contributed by atoms with Crippen molar-refractivity contribution < 1.29 is 27.1 Å². The predicted molar refractivity (Wildman–Crippen MR) is 129 cm³/mol. The van der Waals surface area contributed by atoms with E-state index in [1.54, 1.807) is 24.3 Å².